The number of para-hydroxylation sites is 2. The van der Waals surface area contributed by atoms with Crippen LogP contribution in [0.15, 0.2) is 91.0 Å². The molecule has 5 nitrogen and oxygen atoms in total. The summed E-state index contributed by atoms with van der Waals surface area (Å²) in [6, 6.07) is 34.8. The highest BCUT2D eigenvalue weighted by Gasteiger charge is 2.31. The molecule has 3 aromatic carbocycles. The number of nitriles is 1. The lowest BCUT2D eigenvalue weighted by Gasteiger charge is -2.38. The molecule has 3 heterocycles. The summed E-state index contributed by atoms with van der Waals surface area (Å²) in [5, 5.41) is 9.83. The van der Waals surface area contributed by atoms with E-state index in [4.69, 9.17) is 4.98 Å². The summed E-state index contributed by atoms with van der Waals surface area (Å²) in [7, 11) is 0. The zero-order chi connectivity index (χ0) is 23.8. The average Bonchev–Trinajstić information content (AvgIpc) is 3.29. The van der Waals surface area contributed by atoms with E-state index < -0.39 is 0 Å². The van der Waals surface area contributed by atoms with Gasteiger partial charge in [0.05, 0.1) is 42.8 Å². The number of nitrogens with one attached hydrogen (secondary N) is 1. The van der Waals surface area contributed by atoms with Crippen molar-refractivity contribution in [3.05, 3.63) is 113 Å². The molecule has 6 rings (SSSR count). The topological polar surface area (TPSA) is 48.8 Å². The number of rotatable bonds is 4. The van der Waals surface area contributed by atoms with Gasteiger partial charge in [-0.15, -0.1) is 0 Å². The minimum Gasteiger partial charge on any atom is -0.346 e. The number of aromatic nitrogens is 2. The number of benzene rings is 3. The second-order valence-corrected chi connectivity index (χ2v) is 9.33. The predicted octanol–water partition coefficient (Wildman–Crippen LogP) is 4.16. The number of anilines is 1. The van der Waals surface area contributed by atoms with Crippen molar-refractivity contribution in [2.24, 2.45) is 0 Å². The van der Waals surface area contributed by atoms with Crippen LogP contribution in [0.4, 0.5) is 5.82 Å². The maximum Gasteiger partial charge on any atom is 0.157 e. The average molecular weight is 459 g/mol. The molecule has 0 spiro atoms. The van der Waals surface area contributed by atoms with Crippen LogP contribution in [0, 0.1) is 18.3 Å². The first kappa shape index (κ1) is 21.4. The number of pyridine rings is 1. The van der Waals surface area contributed by atoms with E-state index in [1.165, 1.54) is 11.1 Å². The largest absolute Gasteiger partial charge is 0.346 e. The smallest absolute Gasteiger partial charge is 0.157 e. The minimum atomic E-state index is 0.316. The van der Waals surface area contributed by atoms with Gasteiger partial charge in [-0.25, -0.2) is 4.98 Å². The van der Waals surface area contributed by atoms with E-state index in [-0.39, 0.29) is 0 Å². The standard InChI is InChI=1S/C30H27N5/c1-22-20-28(35-27-15-9-8-14-26(27)32-30(35)25(22)21-31)33-16-18-34(19-17-33)29(23-10-4-2-5-11-23)24-12-6-3-7-13-24/h2-15,20,29H,16-19H2,1H3/p+1. The van der Waals surface area contributed by atoms with Gasteiger partial charge in [-0.3, -0.25) is 4.40 Å². The first-order chi connectivity index (χ1) is 17.2. The molecule has 1 aliphatic rings. The van der Waals surface area contributed by atoms with E-state index in [0.717, 1.165) is 54.2 Å². The van der Waals surface area contributed by atoms with Gasteiger partial charge in [-0.2, -0.15) is 5.26 Å². The molecular formula is C30H28N5+. The maximum atomic E-state index is 9.83. The summed E-state index contributed by atoms with van der Waals surface area (Å²) in [4.78, 5) is 8.88. The number of piperazine rings is 1. The monoisotopic (exact) mass is 458 g/mol. The van der Waals surface area contributed by atoms with E-state index in [0.29, 0.717) is 11.6 Å². The highest BCUT2D eigenvalue weighted by atomic mass is 15.3. The minimum absolute atomic E-state index is 0.316. The number of imidazole rings is 1. The Kier molecular flexibility index (Phi) is 5.44. The zero-order valence-electron chi connectivity index (χ0n) is 19.9. The third kappa shape index (κ3) is 3.73. The third-order valence-electron chi connectivity index (χ3n) is 7.27. The molecule has 0 bridgehead atoms. The Hall–Kier alpha value is -4.14. The molecule has 5 heteroatoms. The lowest BCUT2D eigenvalue weighted by atomic mass is 9.96. The summed E-state index contributed by atoms with van der Waals surface area (Å²) < 4.78 is 2.18. The number of hydrogen-bond acceptors (Lipinski definition) is 3. The van der Waals surface area contributed by atoms with Crippen LogP contribution in [-0.2, 0) is 0 Å². The Bertz CT molecular complexity index is 1480. The number of fused-ring (bicyclic) bond motifs is 3. The molecule has 1 fully saturated rings. The van der Waals surface area contributed by atoms with Gasteiger partial charge >= 0.3 is 0 Å². The highest BCUT2D eigenvalue weighted by Crippen LogP contribution is 2.29. The van der Waals surface area contributed by atoms with Crippen LogP contribution < -0.4 is 9.80 Å². The van der Waals surface area contributed by atoms with E-state index in [9.17, 15) is 5.26 Å². The quantitative estimate of drug-likeness (QED) is 0.440. The van der Waals surface area contributed by atoms with Crippen molar-refractivity contribution in [2.75, 3.05) is 31.1 Å². The summed E-state index contributed by atoms with van der Waals surface area (Å²) in [6.45, 7) is 5.96. The number of aryl methyl sites for hydroxylation is 1. The molecule has 0 atom stereocenters. The van der Waals surface area contributed by atoms with Crippen LogP contribution in [0.1, 0.15) is 28.3 Å². The first-order valence-electron chi connectivity index (χ1n) is 12.2. The van der Waals surface area contributed by atoms with Gasteiger partial charge in [0.1, 0.15) is 17.9 Å². The maximum absolute atomic E-state index is 9.83. The fourth-order valence-electron chi connectivity index (χ4n) is 5.57. The number of nitrogens with zero attached hydrogens (tertiary/aromatic N) is 4. The van der Waals surface area contributed by atoms with Crippen molar-refractivity contribution in [3.8, 4) is 6.07 Å². The molecule has 35 heavy (non-hydrogen) atoms. The first-order valence-corrected chi connectivity index (χ1v) is 12.2. The van der Waals surface area contributed by atoms with Crippen LogP contribution in [0.3, 0.4) is 0 Å². The molecular weight excluding hydrogens is 430 g/mol. The van der Waals surface area contributed by atoms with Crippen LogP contribution >= 0.6 is 0 Å². The Balaban J connectivity index is 1.36. The third-order valence-corrected chi connectivity index (χ3v) is 7.27. The number of quaternary nitrogens is 1. The second-order valence-electron chi connectivity index (χ2n) is 9.33. The zero-order valence-corrected chi connectivity index (χ0v) is 19.9. The lowest BCUT2D eigenvalue weighted by molar-refractivity contribution is -0.926. The molecule has 0 aliphatic carbocycles. The van der Waals surface area contributed by atoms with E-state index >= 15 is 0 Å². The lowest BCUT2D eigenvalue weighted by Crippen LogP contribution is -3.15. The molecule has 0 amide bonds. The molecule has 0 unspecified atom stereocenters. The van der Waals surface area contributed by atoms with E-state index in [2.05, 4.69) is 88.2 Å². The molecule has 172 valence electrons. The Morgan fingerprint density at radius 1 is 0.857 bits per heavy atom. The normalized spacial score (nSPS) is 14.6. The van der Waals surface area contributed by atoms with Crippen molar-refractivity contribution in [2.45, 2.75) is 13.0 Å². The van der Waals surface area contributed by atoms with Crippen molar-refractivity contribution < 1.29 is 4.90 Å². The van der Waals surface area contributed by atoms with Gasteiger partial charge < -0.3 is 9.80 Å². The van der Waals surface area contributed by atoms with Gasteiger partial charge in [0.2, 0.25) is 0 Å². The van der Waals surface area contributed by atoms with Gasteiger partial charge in [-0.1, -0.05) is 72.8 Å². The fraction of sp³-hybridized carbons (Fsp3) is 0.200. The van der Waals surface area contributed by atoms with Gasteiger partial charge in [-0.05, 0) is 30.7 Å². The van der Waals surface area contributed by atoms with Crippen LogP contribution in [-0.4, -0.2) is 35.6 Å². The Morgan fingerprint density at radius 2 is 1.46 bits per heavy atom. The SMILES string of the molecule is Cc1cc(N2CC[NH+](C(c3ccccc3)c3ccccc3)CC2)n2c(nc3ccccc32)c1C#N. The second kappa shape index (κ2) is 8.90. The predicted molar refractivity (Wildman–Crippen MR) is 140 cm³/mol. The van der Waals surface area contributed by atoms with E-state index in [1.54, 1.807) is 4.90 Å². The summed E-state index contributed by atoms with van der Waals surface area (Å²) in [6.07, 6.45) is 0. The molecule has 1 saturated heterocycles. The fourth-order valence-corrected chi connectivity index (χ4v) is 5.57. The van der Waals surface area contributed by atoms with Gasteiger partial charge in [0, 0.05) is 11.1 Å². The van der Waals surface area contributed by atoms with Gasteiger partial charge in [0.15, 0.2) is 5.65 Å². The summed E-state index contributed by atoms with van der Waals surface area (Å²) >= 11 is 0. The summed E-state index contributed by atoms with van der Waals surface area (Å²) in [5.74, 6) is 1.13. The van der Waals surface area contributed by atoms with Crippen LogP contribution in [0.5, 0.6) is 0 Å². The Labute approximate surface area is 205 Å². The van der Waals surface area contributed by atoms with Crippen molar-refractivity contribution in [3.63, 3.8) is 0 Å². The van der Waals surface area contributed by atoms with Gasteiger partial charge in [0.25, 0.3) is 0 Å². The molecule has 0 radical (unpaired) electrons. The van der Waals surface area contributed by atoms with E-state index in [1.807, 2.05) is 25.1 Å². The van der Waals surface area contributed by atoms with Crippen molar-refractivity contribution in [1.29, 1.82) is 5.26 Å². The molecule has 5 aromatic rings. The van der Waals surface area contributed by atoms with Crippen LogP contribution in [0.25, 0.3) is 16.7 Å². The molecule has 2 aromatic heterocycles. The molecule has 1 aliphatic heterocycles. The van der Waals surface area contributed by atoms with Crippen molar-refractivity contribution in [1.82, 2.24) is 9.38 Å². The Morgan fingerprint density at radius 3 is 2.09 bits per heavy atom. The number of hydrogen-bond donors (Lipinski definition) is 1. The molecule has 0 saturated carbocycles. The molecule has 1 N–H and O–H groups in total. The van der Waals surface area contributed by atoms with Crippen LogP contribution in [0.2, 0.25) is 0 Å². The summed E-state index contributed by atoms with van der Waals surface area (Å²) in [5.41, 5.74) is 7.08. The highest BCUT2D eigenvalue weighted by molar-refractivity contribution is 5.85. The van der Waals surface area contributed by atoms with Crippen molar-refractivity contribution >= 4 is 22.5 Å².